The Bertz CT molecular complexity index is 487. The summed E-state index contributed by atoms with van der Waals surface area (Å²) in [5.74, 6) is -0.235. The van der Waals surface area contributed by atoms with Crippen molar-refractivity contribution in [2.24, 2.45) is 0 Å². The fourth-order valence-corrected chi connectivity index (χ4v) is 2.60. The monoisotopic (exact) mass is 295 g/mol. The van der Waals surface area contributed by atoms with Gasteiger partial charge in [-0.1, -0.05) is 6.07 Å². The van der Waals surface area contributed by atoms with E-state index in [1.54, 1.807) is 23.5 Å². The van der Waals surface area contributed by atoms with Gasteiger partial charge in [-0.15, -0.1) is 11.3 Å². The molecule has 0 aliphatic carbocycles. The summed E-state index contributed by atoms with van der Waals surface area (Å²) in [5.41, 5.74) is 0.965. The lowest BCUT2D eigenvalue weighted by atomic mass is 10.2. The van der Waals surface area contributed by atoms with Gasteiger partial charge < -0.3 is 14.7 Å². The molecule has 0 aliphatic heterocycles. The van der Waals surface area contributed by atoms with E-state index in [1.165, 1.54) is 17.0 Å². The van der Waals surface area contributed by atoms with Crippen molar-refractivity contribution in [1.82, 2.24) is 0 Å². The molecule has 0 saturated carbocycles. The maximum absolute atomic E-state index is 13.0. The molecule has 0 amide bonds. The first-order valence-corrected chi connectivity index (χ1v) is 7.39. The van der Waals surface area contributed by atoms with Crippen LogP contribution in [0.15, 0.2) is 41.8 Å². The first-order chi connectivity index (χ1) is 9.79. The van der Waals surface area contributed by atoms with Crippen molar-refractivity contribution in [3.05, 3.63) is 52.5 Å². The number of hydrogen-bond acceptors (Lipinski definition) is 4. The van der Waals surface area contributed by atoms with Crippen LogP contribution in [0.2, 0.25) is 0 Å². The van der Waals surface area contributed by atoms with Gasteiger partial charge in [0.05, 0.1) is 26.4 Å². The minimum atomic E-state index is -0.235. The fourth-order valence-electron chi connectivity index (χ4n) is 1.88. The number of aliphatic hydroxyl groups is 1. The van der Waals surface area contributed by atoms with Gasteiger partial charge in [0, 0.05) is 17.1 Å². The lowest BCUT2D eigenvalue weighted by molar-refractivity contribution is 0.0965. The van der Waals surface area contributed by atoms with E-state index in [4.69, 9.17) is 9.84 Å². The molecular formula is C15H18FNO2S. The van der Waals surface area contributed by atoms with Crippen LogP contribution in [-0.4, -0.2) is 31.5 Å². The minimum Gasteiger partial charge on any atom is -0.394 e. The molecule has 0 radical (unpaired) electrons. The zero-order valence-electron chi connectivity index (χ0n) is 11.2. The molecule has 0 aliphatic rings. The lowest BCUT2D eigenvalue weighted by Crippen LogP contribution is -2.27. The Balaban J connectivity index is 2.00. The number of halogens is 1. The maximum atomic E-state index is 13.0. The molecule has 1 aromatic heterocycles. The third-order valence-electron chi connectivity index (χ3n) is 2.86. The van der Waals surface area contributed by atoms with Crippen LogP contribution >= 0.6 is 11.3 Å². The van der Waals surface area contributed by atoms with E-state index in [9.17, 15) is 4.39 Å². The first-order valence-electron chi connectivity index (χ1n) is 6.51. The van der Waals surface area contributed by atoms with Crippen molar-refractivity contribution in [2.75, 3.05) is 31.3 Å². The molecule has 0 saturated heterocycles. The van der Waals surface area contributed by atoms with Crippen molar-refractivity contribution >= 4 is 17.0 Å². The summed E-state index contributed by atoms with van der Waals surface area (Å²) in [6, 6.07) is 10.6. The van der Waals surface area contributed by atoms with Crippen LogP contribution in [0.25, 0.3) is 0 Å². The molecule has 0 spiro atoms. The number of rotatable bonds is 8. The van der Waals surface area contributed by atoms with Crippen LogP contribution in [0, 0.1) is 5.82 Å². The summed E-state index contributed by atoms with van der Waals surface area (Å²) in [5, 5.41) is 10.7. The Morgan fingerprint density at radius 1 is 1.15 bits per heavy atom. The van der Waals surface area contributed by atoms with E-state index < -0.39 is 0 Å². The van der Waals surface area contributed by atoms with Gasteiger partial charge in [-0.3, -0.25) is 0 Å². The molecular weight excluding hydrogens is 277 g/mol. The van der Waals surface area contributed by atoms with E-state index in [-0.39, 0.29) is 12.4 Å². The highest BCUT2D eigenvalue weighted by atomic mass is 32.1. The summed E-state index contributed by atoms with van der Waals surface area (Å²) >= 11 is 1.70. The van der Waals surface area contributed by atoms with Crippen LogP contribution < -0.4 is 4.90 Å². The number of benzene rings is 1. The highest BCUT2D eigenvalue weighted by Crippen LogP contribution is 2.19. The molecule has 5 heteroatoms. The van der Waals surface area contributed by atoms with Crippen molar-refractivity contribution in [2.45, 2.75) is 6.54 Å². The number of ether oxygens (including phenoxy) is 1. The fraction of sp³-hybridized carbons (Fsp3) is 0.333. The summed E-state index contributed by atoms with van der Waals surface area (Å²) < 4.78 is 18.3. The second kappa shape index (κ2) is 7.99. The Hall–Kier alpha value is -1.43. The Morgan fingerprint density at radius 2 is 1.95 bits per heavy atom. The molecule has 0 atom stereocenters. The Kier molecular flexibility index (Phi) is 5.98. The standard InChI is InChI=1S/C15H18FNO2S/c16-13-3-5-14(6-4-13)17(7-9-19-10-8-18)12-15-2-1-11-20-15/h1-6,11,18H,7-10,12H2. The molecule has 3 nitrogen and oxygen atoms in total. The Morgan fingerprint density at radius 3 is 2.60 bits per heavy atom. The highest BCUT2D eigenvalue weighted by molar-refractivity contribution is 7.09. The largest absolute Gasteiger partial charge is 0.394 e. The second-order valence-corrected chi connectivity index (χ2v) is 5.35. The quantitative estimate of drug-likeness (QED) is 0.760. The molecule has 1 heterocycles. The number of aliphatic hydroxyl groups excluding tert-OH is 1. The summed E-state index contributed by atoms with van der Waals surface area (Å²) in [4.78, 5) is 3.39. The third-order valence-corrected chi connectivity index (χ3v) is 3.72. The van der Waals surface area contributed by atoms with Crippen LogP contribution in [0.5, 0.6) is 0 Å². The van der Waals surface area contributed by atoms with E-state index in [2.05, 4.69) is 11.0 Å². The summed E-state index contributed by atoms with van der Waals surface area (Å²) in [7, 11) is 0. The van der Waals surface area contributed by atoms with Crippen molar-refractivity contribution in [1.29, 1.82) is 0 Å². The van der Waals surface area contributed by atoms with E-state index in [0.29, 0.717) is 19.8 Å². The van der Waals surface area contributed by atoms with Gasteiger partial charge in [-0.25, -0.2) is 4.39 Å². The lowest BCUT2D eigenvalue weighted by Gasteiger charge is -2.24. The second-order valence-electron chi connectivity index (χ2n) is 4.31. The molecule has 0 bridgehead atoms. The van der Waals surface area contributed by atoms with E-state index >= 15 is 0 Å². The zero-order valence-corrected chi connectivity index (χ0v) is 12.0. The maximum Gasteiger partial charge on any atom is 0.123 e. The molecule has 1 N–H and O–H groups in total. The molecule has 20 heavy (non-hydrogen) atoms. The van der Waals surface area contributed by atoms with Crippen molar-refractivity contribution in [3.8, 4) is 0 Å². The van der Waals surface area contributed by atoms with Crippen LogP contribution in [0.4, 0.5) is 10.1 Å². The van der Waals surface area contributed by atoms with Gasteiger partial charge in [0.25, 0.3) is 0 Å². The predicted molar refractivity (Wildman–Crippen MR) is 79.7 cm³/mol. The smallest absolute Gasteiger partial charge is 0.123 e. The number of nitrogens with zero attached hydrogens (tertiary/aromatic N) is 1. The summed E-state index contributed by atoms with van der Waals surface area (Å²) in [6.07, 6.45) is 0. The van der Waals surface area contributed by atoms with Gasteiger partial charge in [0.1, 0.15) is 5.82 Å². The number of hydrogen-bond donors (Lipinski definition) is 1. The van der Waals surface area contributed by atoms with Gasteiger partial charge in [0.15, 0.2) is 0 Å². The van der Waals surface area contributed by atoms with Gasteiger partial charge in [-0.2, -0.15) is 0 Å². The van der Waals surface area contributed by atoms with E-state index in [0.717, 1.165) is 12.2 Å². The van der Waals surface area contributed by atoms with Crippen molar-refractivity contribution in [3.63, 3.8) is 0 Å². The van der Waals surface area contributed by atoms with Gasteiger partial charge in [0.2, 0.25) is 0 Å². The first kappa shape index (κ1) is 15.0. The minimum absolute atomic E-state index is 0.0292. The van der Waals surface area contributed by atoms with Crippen LogP contribution in [-0.2, 0) is 11.3 Å². The molecule has 108 valence electrons. The van der Waals surface area contributed by atoms with Crippen molar-refractivity contribution < 1.29 is 14.2 Å². The SMILES string of the molecule is OCCOCCN(Cc1cccs1)c1ccc(F)cc1. The number of thiophene rings is 1. The molecule has 2 rings (SSSR count). The van der Waals surface area contributed by atoms with Gasteiger partial charge in [-0.05, 0) is 35.7 Å². The number of anilines is 1. The van der Waals surface area contributed by atoms with Crippen LogP contribution in [0.1, 0.15) is 4.88 Å². The molecule has 2 aromatic rings. The predicted octanol–water partition coefficient (Wildman–Crippen LogP) is 2.90. The van der Waals surface area contributed by atoms with Gasteiger partial charge >= 0.3 is 0 Å². The zero-order chi connectivity index (χ0) is 14.2. The van der Waals surface area contributed by atoms with E-state index in [1.807, 2.05) is 11.4 Å². The van der Waals surface area contributed by atoms with Crippen LogP contribution in [0.3, 0.4) is 0 Å². The average molecular weight is 295 g/mol. The Labute approximate surface area is 122 Å². The molecule has 1 aromatic carbocycles. The molecule has 0 fully saturated rings. The highest BCUT2D eigenvalue weighted by Gasteiger charge is 2.08. The summed E-state index contributed by atoms with van der Waals surface area (Å²) in [6.45, 7) is 2.37. The molecule has 0 unspecified atom stereocenters. The topological polar surface area (TPSA) is 32.7 Å². The average Bonchev–Trinajstić information content (AvgIpc) is 2.96. The normalized spacial score (nSPS) is 10.7. The third kappa shape index (κ3) is 4.59.